The lowest BCUT2D eigenvalue weighted by Crippen LogP contribution is -2.58. The third kappa shape index (κ3) is 1.94. The van der Waals surface area contributed by atoms with Crippen LogP contribution in [0.25, 0.3) is 5.76 Å². The highest BCUT2D eigenvalue weighted by Gasteiger charge is 2.60. The number of carbonyl (C=O) groups excluding carboxylic acids is 3. The van der Waals surface area contributed by atoms with E-state index in [-0.39, 0.29) is 30.1 Å². The summed E-state index contributed by atoms with van der Waals surface area (Å²) in [5.41, 5.74) is 3.36. The van der Waals surface area contributed by atoms with E-state index in [1.54, 1.807) is 12.1 Å². The molecule has 1 amide bonds. The number of rotatable bonds is 1. The Balaban J connectivity index is 1.92. The standard InChI is InChI=1S/C19H17NO6/c20-18(25)14-12(21)7-10-6-9-5-8-3-1-2-4-11(8)15(22)13(9)16(23)19(10,26)17(14)24/h1-4,9-10,22,24,26H,5-7H2,(H2,20,25)/t9?,10?,19-/m0/s1. The summed E-state index contributed by atoms with van der Waals surface area (Å²) in [7, 11) is 0. The van der Waals surface area contributed by atoms with E-state index in [1.165, 1.54) is 0 Å². The predicted octanol–water partition coefficient (Wildman–Crippen LogP) is 0.718. The second-order valence-electron chi connectivity index (χ2n) is 7.06. The van der Waals surface area contributed by atoms with Crippen molar-refractivity contribution in [2.24, 2.45) is 17.6 Å². The minimum atomic E-state index is -2.43. The normalized spacial score (nSPS) is 30.7. The third-order valence-corrected chi connectivity index (χ3v) is 5.71. The van der Waals surface area contributed by atoms with Crippen molar-refractivity contribution in [2.45, 2.75) is 24.9 Å². The topological polar surface area (TPSA) is 138 Å². The maximum absolute atomic E-state index is 13.1. The van der Waals surface area contributed by atoms with Gasteiger partial charge in [0, 0.05) is 23.5 Å². The zero-order chi connectivity index (χ0) is 18.8. The fraction of sp³-hybridized carbons (Fsp3) is 0.316. The summed E-state index contributed by atoms with van der Waals surface area (Å²) in [5, 5.41) is 32.0. The van der Waals surface area contributed by atoms with Gasteiger partial charge in [-0.25, -0.2) is 0 Å². The van der Waals surface area contributed by atoms with Gasteiger partial charge >= 0.3 is 0 Å². The number of amides is 1. The number of ketones is 2. The minimum absolute atomic E-state index is 0.0205. The molecule has 0 spiro atoms. The van der Waals surface area contributed by atoms with Crippen molar-refractivity contribution < 1.29 is 29.7 Å². The largest absolute Gasteiger partial charge is 0.508 e. The summed E-state index contributed by atoms with van der Waals surface area (Å²) >= 11 is 0. The number of fused-ring (bicyclic) bond motifs is 3. The number of carbonyl (C=O) groups is 3. The van der Waals surface area contributed by atoms with Crippen molar-refractivity contribution in [1.29, 1.82) is 0 Å². The number of nitrogens with two attached hydrogens (primary N) is 1. The Hall–Kier alpha value is -2.93. The molecule has 4 rings (SSSR count). The van der Waals surface area contributed by atoms with E-state index in [4.69, 9.17) is 5.73 Å². The van der Waals surface area contributed by atoms with Gasteiger partial charge in [0.1, 0.15) is 17.1 Å². The lowest BCUT2D eigenvalue weighted by atomic mass is 9.59. The summed E-state index contributed by atoms with van der Waals surface area (Å²) in [6.07, 6.45) is 0.434. The van der Waals surface area contributed by atoms with Crippen LogP contribution in [-0.2, 0) is 20.8 Å². The summed E-state index contributed by atoms with van der Waals surface area (Å²) in [4.78, 5) is 36.8. The van der Waals surface area contributed by atoms with E-state index < -0.39 is 40.3 Å². The molecule has 7 nitrogen and oxygen atoms in total. The van der Waals surface area contributed by atoms with Crippen molar-refractivity contribution in [3.05, 3.63) is 52.3 Å². The molecule has 7 heteroatoms. The number of benzene rings is 1. The van der Waals surface area contributed by atoms with Gasteiger partial charge in [0.15, 0.2) is 11.4 Å². The van der Waals surface area contributed by atoms with Crippen LogP contribution >= 0.6 is 0 Å². The SMILES string of the molecule is NC(=O)C1=C(O)[C@@]2(O)C(=O)C3=C(O)c4ccccc4CC3CC2CC1=O. The summed E-state index contributed by atoms with van der Waals surface area (Å²) < 4.78 is 0. The molecular weight excluding hydrogens is 338 g/mol. The number of aliphatic hydroxyl groups is 3. The molecule has 3 aliphatic carbocycles. The van der Waals surface area contributed by atoms with E-state index in [0.29, 0.717) is 12.0 Å². The fourth-order valence-electron chi connectivity index (χ4n) is 4.47. The van der Waals surface area contributed by atoms with Gasteiger partial charge < -0.3 is 21.1 Å². The minimum Gasteiger partial charge on any atom is -0.508 e. The summed E-state index contributed by atoms with van der Waals surface area (Å²) in [6.45, 7) is 0. The first-order valence-corrected chi connectivity index (χ1v) is 8.32. The molecule has 3 aliphatic rings. The molecule has 26 heavy (non-hydrogen) atoms. The molecule has 1 aromatic rings. The molecule has 1 saturated carbocycles. The molecule has 0 aliphatic heterocycles. The van der Waals surface area contributed by atoms with Crippen LogP contribution in [0.3, 0.4) is 0 Å². The van der Waals surface area contributed by atoms with Gasteiger partial charge in [-0.3, -0.25) is 14.4 Å². The molecule has 1 aromatic carbocycles. The van der Waals surface area contributed by atoms with E-state index in [9.17, 15) is 29.7 Å². The third-order valence-electron chi connectivity index (χ3n) is 5.71. The Labute approximate surface area is 148 Å². The summed E-state index contributed by atoms with van der Waals surface area (Å²) in [6, 6.07) is 7.08. The molecule has 1 fully saturated rings. The van der Waals surface area contributed by atoms with Crippen molar-refractivity contribution >= 4 is 23.2 Å². The average molecular weight is 355 g/mol. The van der Waals surface area contributed by atoms with Crippen LogP contribution in [0.1, 0.15) is 24.0 Å². The van der Waals surface area contributed by atoms with Crippen molar-refractivity contribution in [1.82, 2.24) is 0 Å². The number of primary amides is 1. The number of aliphatic hydroxyl groups excluding tert-OH is 2. The Bertz CT molecular complexity index is 943. The Morgan fingerprint density at radius 2 is 1.85 bits per heavy atom. The maximum Gasteiger partial charge on any atom is 0.255 e. The number of hydrogen-bond donors (Lipinski definition) is 4. The van der Waals surface area contributed by atoms with E-state index in [1.807, 2.05) is 12.1 Å². The molecule has 0 saturated heterocycles. The lowest BCUT2D eigenvalue weighted by Gasteiger charge is -2.46. The van der Waals surface area contributed by atoms with Crippen LogP contribution in [0, 0.1) is 11.8 Å². The molecule has 3 atom stereocenters. The quantitative estimate of drug-likeness (QED) is 0.548. The van der Waals surface area contributed by atoms with Gasteiger partial charge in [0.2, 0.25) is 5.78 Å². The molecule has 2 unspecified atom stereocenters. The highest BCUT2D eigenvalue weighted by molar-refractivity contribution is 6.22. The first-order valence-electron chi connectivity index (χ1n) is 8.32. The highest BCUT2D eigenvalue weighted by Crippen LogP contribution is 2.50. The van der Waals surface area contributed by atoms with Crippen LogP contribution in [0.5, 0.6) is 0 Å². The zero-order valence-electron chi connectivity index (χ0n) is 13.7. The van der Waals surface area contributed by atoms with Crippen LogP contribution in [0.2, 0.25) is 0 Å². The molecule has 5 N–H and O–H groups in total. The molecular formula is C19H17NO6. The van der Waals surface area contributed by atoms with Crippen LogP contribution < -0.4 is 5.73 Å². The predicted molar refractivity (Wildman–Crippen MR) is 89.7 cm³/mol. The van der Waals surface area contributed by atoms with Gasteiger partial charge in [0.05, 0.1) is 0 Å². The molecule has 0 aromatic heterocycles. The maximum atomic E-state index is 13.1. The highest BCUT2D eigenvalue weighted by atomic mass is 16.3. The van der Waals surface area contributed by atoms with Gasteiger partial charge in [-0.2, -0.15) is 0 Å². The summed E-state index contributed by atoms with van der Waals surface area (Å²) in [5.74, 6) is -5.26. The number of Topliss-reactive ketones (excluding diaryl/α,β-unsaturated/α-hetero) is 2. The van der Waals surface area contributed by atoms with E-state index >= 15 is 0 Å². The molecule has 0 bridgehead atoms. The average Bonchev–Trinajstić information content (AvgIpc) is 2.58. The lowest BCUT2D eigenvalue weighted by molar-refractivity contribution is -0.147. The first-order chi connectivity index (χ1) is 12.3. The van der Waals surface area contributed by atoms with Crippen LogP contribution in [-0.4, -0.2) is 38.4 Å². The fourth-order valence-corrected chi connectivity index (χ4v) is 4.47. The monoisotopic (exact) mass is 355 g/mol. The van der Waals surface area contributed by atoms with Gasteiger partial charge in [0.25, 0.3) is 5.91 Å². The zero-order valence-corrected chi connectivity index (χ0v) is 13.7. The van der Waals surface area contributed by atoms with Gasteiger partial charge in [-0.1, -0.05) is 24.3 Å². The Morgan fingerprint density at radius 1 is 1.15 bits per heavy atom. The van der Waals surface area contributed by atoms with E-state index in [0.717, 1.165) is 5.56 Å². The first kappa shape index (κ1) is 16.5. The second-order valence-corrected chi connectivity index (χ2v) is 7.06. The van der Waals surface area contributed by atoms with Crippen molar-refractivity contribution in [3.8, 4) is 0 Å². The second kappa shape index (κ2) is 5.28. The molecule has 134 valence electrons. The Morgan fingerprint density at radius 3 is 2.54 bits per heavy atom. The number of hydrogen-bond acceptors (Lipinski definition) is 6. The van der Waals surface area contributed by atoms with E-state index in [2.05, 4.69) is 0 Å². The van der Waals surface area contributed by atoms with Gasteiger partial charge in [-0.15, -0.1) is 0 Å². The van der Waals surface area contributed by atoms with Crippen LogP contribution in [0.15, 0.2) is 41.2 Å². The Kier molecular flexibility index (Phi) is 3.36. The molecule has 0 radical (unpaired) electrons. The van der Waals surface area contributed by atoms with Crippen molar-refractivity contribution in [2.75, 3.05) is 0 Å². The van der Waals surface area contributed by atoms with Crippen LogP contribution in [0.4, 0.5) is 0 Å². The smallest absolute Gasteiger partial charge is 0.255 e. The van der Waals surface area contributed by atoms with Crippen molar-refractivity contribution in [3.63, 3.8) is 0 Å². The van der Waals surface area contributed by atoms with Gasteiger partial charge in [-0.05, 0) is 24.3 Å². The molecule has 0 heterocycles.